The molecule has 1 aromatic carbocycles. The van der Waals surface area contributed by atoms with Crippen LogP contribution >= 0.6 is 0 Å². The van der Waals surface area contributed by atoms with Gasteiger partial charge in [0.05, 0.1) is 0 Å². The van der Waals surface area contributed by atoms with E-state index in [0.717, 1.165) is 12.0 Å². The van der Waals surface area contributed by atoms with Gasteiger partial charge in [-0.25, -0.2) is 4.39 Å². The lowest BCUT2D eigenvalue weighted by Crippen LogP contribution is -2.37. The van der Waals surface area contributed by atoms with Crippen molar-refractivity contribution in [3.8, 4) is 0 Å². The highest BCUT2D eigenvalue weighted by atomic mass is 19.1. The Morgan fingerprint density at radius 2 is 1.95 bits per heavy atom. The van der Waals surface area contributed by atoms with E-state index in [1.807, 2.05) is 6.07 Å². The predicted molar refractivity (Wildman–Crippen MR) is 80.9 cm³/mol. The van der Waals surface area contributed by atoms with Crippen molar-refractivity contribution in [3.05, 3.63) is 35.6 Å². The first-order chi connectivity index (χ1) is 9.15. The second-order valence-electron chi connectivity index (χ2n) is 5.53. The Balaban J connectivity index is 2.44. The third-order valence-corrected chi connectivity index (χ3v) is 3.49. The minimum atomic E-state index is -0.138. The monoisotopic (exact) mass is 265 g/mol. The van der Waals surface area contributed by atoms with E-state index in [0.29, 0.717) is 12.1 Å². The summed E-state index contributed by atoms with van der Waals surface area (Å²) in [5, 5.41) is 3.70. The molecule has 2 heteroatoms. The summed E-state index contributed by atoms with van der Waals surface area (Å²) in [6.07, 6.45) is 7.12. The lowest BCUT2D eigenvalue weighted by atomic mass is 10.0. The predicted octanol–water partition coefficient (Wildman–Crippen LogP) is 4.71. The summed E-state index contributed by atoms with van der Waals surface area (Å²) >= 11 is 0. The molecule has 0 aliphatic rings. The normalized spacial score (nSPS) is 14.3. The van der Waals surface area contributed by atoms with Gasteiger partial charge in [0, 0.05) is 12.1 Å². The van der Waals surface area contributed by atoms with Crippen LogP contribution in [0.1, 0.15) is 58.4 Å². The second kappa shape index (κ2) is 9.08. The quantitative estimate of drug-likeness (QED) is 0.682. The van der Waals surface area contributed by atoms with Crippen LogP contribution in [0.25, 0.3) is 0 Å². The van der Waals surface area contributed by atoms with Gasteiger partial charge in [-0.15, -0.1) is 0 Å². The number of rotatable bonds is 9. The largest absolute Gasteiger partial charge is 0.311 e. The summed E-state index contributed by atoms with van der Waals surface area (Å²) in [5.74, 6) is -0.138. The molecule has 0 bridgehead atoms. The Labute approximate surface area is 117 Å². The van der Waals surface area contributed by atoms with Crippen LogP contribution in [-0.4, -0.2) is 12.1 Å². The van der Waals surface area contributed by atoms with Crippen molar-refractivity contribution >= 4 is 0 Å². The average molecular weight is 265 g/mol. The fraction of sp³-hybridized carbons (Fsp3) is 0.647. The highest BCUT2D eigenvalue weighted by molar-refractivity contribution is 5.17. The molecule has 1 N–H and O–H groups in total. The Hall–Kier alpha value is -0.890. The molecule has 1 nitrogen and oxygen atoms in total. The number of hydrogen-bond donors (Lipinski definition) is 1. The topological polar surface area (TPSA) is 12.0 Å². The van der Waals surface area contributed by atoms with E-state index in [2.05, 4.69) is 26.1 Å². The molecular formula is C17H28FN. The fourth-order valence-electron chi connectivity index (χ4n) is 2.59. The first kappa shape index (κ1) is 16.2. The van der Waals surface area contributed by atoms with Crippen LogP contribution in [-0.2, 0) is 6.42 Å². The number of hydrogen-bond acceptors (Lipinski definition) is 1. The maximum absolute atomic E-state index is 13.1. The number of halogens is 1. The third-order valence-electron chi connectivity index (χ3n) is 3.49. The lowest BCUT2D eigenvalue weighted by Gasteiger charge is -2.23. The van der Waals surface area contributed by atoms with Crippen molar-refractivity contribution in [2.24, 2.45) is 0 Å². The molecule has 108 valence electrons. The lowest BCUT2D eigenvalue weighted by molar-refractivity contribution is 0.389. The molecule has 2 atom stereocenters. The highest BCUT2D eigenvalue weighted by Gasteiger charge is 2.11. The maximum Gasteiger partial charge on any atom is 0.123 e. The molecule has 0 spiro atoms. The molecule has 0 radical (unpaired) electrons. The molecule has 2 unspecified atom stereocenters. The summed E-state index contributed by atoms with van der Waals surface area (Å²) < 4.78 is 13.1. The number of unbranched alkanes of at least 4 members (excludes halogenated alkanes) is 1. The van der Waals surface area contributed by atoms with Crippen LogP contribution in [0.3, 0.4) is 0 Å². The van der Waals surface area contributed by atoms with Crippen LogP contribution in [0.5, 0.6) is 0 Å². The minimum absolute atomic E-state index is 0.138. The van der Waals surface area contributed by atoms with Crippen molar-refractivity contribution in [2.75, 3.05) is 0 Å². The highest BCUT2D eigenvalue weighted by Crippen LogP contribution is 2.11. The van der Waals surface area contributed by atoms with Crippen LogP contribution in [0.15, 0.2) is 24.3 Å². The van der Waals surface area contributed by atoms with Gasteiger partial charge in [0.15, 0.2) is 0 Å². The Bertz CT molecular complexity index is 351. The third kappa shape index (κ3) is 6.72. The van der Waals surface area contributed by atoms with Crippen molar-refractivity contribution in [1.29, 1.82) is 0 Å². The molecule has 0 fully saturated rings. The van der Waals surface area contributed by atoms with Gasteiger partial charge in [0.1, 0.15) is 5.82 Å². The van der Waals surface area contributed by atoms with Crippen LogP contribution in [0, 0.1) is 5.82 Å². The zero-order valence-electron chi connectivity index (χ0n) is 12.6. The molecule has 0 amide bonds. The summed E-state index contributed by atoms with van der Waals surface area (Å²) in [6.45, 7) is 6.66. The summed E-state index contributed by atoms with van der Waals surface area (Å²) in [7, 11) is 0. The van der Waals surface area contributed by atoms with Crippen LogP contribution in [0.2, 0.25) is 0 Å². The second-order valence-corrected chi connectivity index (χ2v) is 5.53. The van der Waals surface area contributed by atoms with Crippen LogP contribution in [0.4, 0.5) is 4.39 Å². The Kier molecular flexibility index (Phi) is 7.73. The van der Waals surface area contributed by atoms with Gasteiger partial charge in [-0.2, -0.15) is 0 Å². The molecule has 0 aromatic heterocycles. The Morgan fingerprint density at radius 3 is 2.58 bits per heavy atom. The van der Waals surface area contributed by atoms with Gasteiger partial charge in [0.2, 0.25) is 0 Å². The summed E-state index contributed by atoms with van der Waals surface area (Å²) in [6, 6.07) is 7.94. The van der Waals surface area contributed by atoms with Gasteiger partial charge in [0.25, 0.3) is 0 Å². The minimum Gasteiger partial charge on any atom is -0.311 e. The number of nitrogens with one attached hydrogen (secondary N) is 1. The molecule has 1 aromatic rings. The zero-order chi connectivity index (χ0) is 14.1. The molecule has 0 heterocycles. The van der Waals surface area contributed by atoms with Gasteiger partial charge >= 0.3 is 0 Å². The van der Waals surface area contributed by atoms with Crippen molar-refractivity contribution in [2.45, 2.75) is 71.4 Å². The number of benzene rings is 1. The van der Waals surface area contributed by atoms with Crippen molar-refractivity contribution in [3.63, 3.8) is 0 Å². The molecule has 1 rings (SSSR count). The van der Waals surface area contributed by atoms with E-state index >= 15 is 0 Å². The first-order valence-electron chi connectivity index (χ1n) is 7.66. The average Bonchev–Trinajstić information content (AvgIpc) is 2.36. The van der Waals surface area contributed by atoms with Gasteiger partial charge in [-0.05, 0) is 43.9 Å². The zero-order valence-corrected chi connectivity index (χ0v) is 12.6. The van der Waals surface area contributed by atoms with E-state index in [-0.39, 0.29) is 5.82 Å². The van der Waals surface area contributed by atoms with Crippen molar-refractivity contribution in [1.82, 2.24) is 5.32 Å². The molecule has 19 heavy (non-hydrogen) atoms. The van der Waals surface area contributed by atoms with E-state index in [1.165, 1.54) is 38.2 Å². The smallest absolute Gasteiger partial charge is 0.123 e. The molecule has 0 saturated carbocycles. The summed E-state index contributed by atoms with van der Waals surface area (Å²) in [5.41, 5.74) is 1.07. The standard InChI is InChI=1S/C17H28FN/c1-4-6-11-17(8-5-2)19-14(3)12-15-9-7-10-16(18)13-15/h7,9-10,13-14,17,19H,4-6,8,11-12H2,1-3H3. The van der Waals surface area contributed by atoms with Gasteiger partial charge in [-0.1, -0.05) is 45.2 Å². The van der Waals surface area contributed by atoms with E-state index in [4.69, 9.17) is 0 Å². The Morgan fingerprint density at radius 1 is 1.16 bits per heavy atom. The molecule has 0 aliphatic heterocycles. The van der Waals surface area contributed by atoms with Gasteiger partial charge < -0.3 is 5.32 Å². The van der Waals surface area contributed by atoms with E-state index in [9.17, 15) is 4.39 Å². The van der Waals surface area contributed by atoms with E-state index in [1.54, 1.807) is 12.1 Å². The molecular weight excluding hydrogens is 237 g/mol. The summed E-state index contributed by atoms with van der Waals surface area (Å²) in [4.78, 5) is 0. The maximum atomic E-state index is 13.1. The SMILES string of the molecule is CCCCC(CCC)NC(C)Cc1cccc(F)c1. The van der Waals surface area contributed by atoms with Crippen LogP contribution < -0.4 is 5.32 Å². The van der Waals surface area contributed by atoms with Gasteiger partial charge in [-0.3, -0.25) is 0 Å². The molecule has 0 aliphatic carbocycles. The fourth-order valence-corrected chi connectivity index (χ4v) is 2.59. The van der Waals surface area contributed by atoms with Crippen molar-refractivity contribution < 1.29 is 4.39 Å². The first-order valence-corrected chi connectivity index (χ1v) is 7.66. The van der Waals surface area contributed by atoms with E-state index < -0.39 is 0 Å². The molecule has 0 saturated heterocycles.